The van der Waals surface area contributed by atoms with Crippen molar-refractivity contribution in [2.45, 2.75) is 39.2 Å². The van der Waals surface area contributed by atoms with Crippen molar-refractivity contribution < 1.29 is 9.53 Å². The van der Waals surface area contributed by atoms with Crippen molar-refractivity contribution in [1.82, 2.24) is 5.32 Å². The SMILES string of the molecule is COc1ccc(C(NC(=O)[C@@H]2CCC[C@@H]2CN)C(C)C)cc1.Cl. The molecule has 1 saturated carbocycles. The molecule has 3 N–H and O–H groups in total. The van der Waals surface area contributed by atoms with Crippen LogP contribution in [0.5, 0.6) is 5.75 Å². The average molecular weight is 341 g/mol. The second kappa shape index (κ2) is 9.14. The Morgan fingerprint density at radius 2 is 1.96 bits per heavy atom. The number of hydrogen-bond donors (Lipinski definition) is 2. The van der Waals surface area contributed by atoms with Crippen LogP contribution in [0.4, 0.5) is 0 Å². The third kappa shape index (κ3) is 4.85. The molecule has 1 aromatic rings. The van der Waals surface area contributed by atoms with E-state index in [1.165, 1.54) is 0 Å². The third-order valence-corrected chi connectivity index (χ3v) is 4.74. The molecule has 0 saturated heterocycles. The van der Waals surface area contributed by atoms with E-state index in [9.17, 15) is 4.79 Å². The molecule has 1 amide bonds. The molecule has 0 aliphatic heterocycles. The van der Waals surface area contributed by atoms with Gasteiger partial charge in [0.1, 0.15) is 5.75 Å². The Morgan fingerprint density at radius 1 is 1.30 bits per heavy atom. The van der Waals surface area contributed by atoms with Crippen molar-refractivity contribution in [3.05, 3.63) is 29.8 Å². The van der Waals surface area contributed by atoms with Gasteiger partial charge in [0.2, 0.25) is 5.91 Å². The van der Waals surface area contributed by atoms with Crippen LogP contribution in [-0.2, 0) is 4.79 Å². The summed E-state index contributed by atoms with van der Waals surface area (Å²) in [6, 6.07) is 7.96. The zero-order chi connectivity index (χ0) is 16.1. The predicted molar refractivity (Wildman–Crippen MR) is 95.8 cm³/mol. The fourth-order valence-corrected chi connectivity index (χ4v) is 3.37. The highest BCUT2D eigenvalue weighted by molar-refractivity contribution is 5.85. The van der Waals surface area contributed by atoms with E-state index in [2.05, 4.69) is 19.2 Å². The molecule has 1 aliphatic carbocycles. The first-order chi connectivity index (χ1) is 10.6. The number of ether oxygens (including phenoxy) is 1. The standard InChI is InChI=1S/C18H28N2O2.ClH/c1-12(2)17(13-7-9-15(22-3)10-8-13)20-18(21)16-6-4-5-14(16)11-19;/h7-10,12,14,16-17H,4-6,11,19H2,1-3H3,(H,20,21);1H/t14-,16-,17?;/m1./s1. The number of rotatable bonds is 6. The molecule has 1 aliphatic rings. The highest BCUT2D eigenvalue weighted by Gasteiger charge is 2.33. The van der Waals surface area contributed by atoms with Crippen molar-refractivity contribution in [3.8, 4) is 5.75 Å². The molecular formula is C18H29ClN2O2. The molecule has 130 valence electrons. The molecule has 5 heteroatoms. The summed E-state index contributed by atoms with van der Waals surface area (Å²) >= 11 is 0. The maximum absolute atomic E-state index is 12.6. The van der Waals surface area contributed by atoms with Gasteiger partial charge in [0, 0.05) is 5.92 Å². The number of nitrogens with two attached hydrogens (primary N) is 1. The lowest BCUT2D eigenvalue weighted by Crippen LogP contribution is -2.39. The molecule has 23 heavy (non-hydrogen) atoms. The summed E-state index contributed by atoms with van der Waals surface area (Å²) < 4.78 is 5.20. The van der Waals surface area contributed by atoms with E-state index in [1.54, 1.807) is 7.11 Å². The van der Waals surface area contributed by atoms with Gasteiger partial charge in [-0.25, -0.2) is 0 Å². The summed E-state index contributed by atoms with van der Waals surface area (Å²) in [7, 11) is 1.66. The fraction of sp³-hybridized carbons (Fsp3) is 0.611. The second-order valence-electron chi connectivity index (χ2n) is 6.54. The molecule has 0 heterocycles. The Kier molecular flexibility index (Phi) is 7.86. The van der Waals surface area contributed by atoms with E-state index in [0.717, 1.165) is 30.6 Å². The topological polar surface area (TPSA) is 64.3 Å². The third-order valence-electron chi connectivity index (χ3n) is 4.74. The quantitative estimate of drug-likeness (QED) is 0.835. The van der Waals surface area contributed by atoms with E-state index in [0.29, 0.717) is 18.4 Å². The predicted octanol–water partition coefficient (Wildman–Crippen LogP) is 3.31. The number of benzene rings is 1. The number of carbonyl (C=O) groups is 1. The minimum atomic E-state index is 0. The number of amides is 1. The molecule has 3 atom stereocenters. The largest absolute Gasteiger partial charge is 0.497 e. The van der Waals surface area contributed by atoms with Gasteiger partial charge in [0.05, 0.1) is 13.2 Å². The van der Waals surface area contributed by atoms with E-state index in [4.69, 9.17) is 10.5 Å². The lowest BCUT2D eigenvalue weighted by atomic mass is 9.92. The van der Waals surface area contributed by atoms with E-state index >= 15 is 0 Å². The summed E-state index contributed by atoms with van der Waals surface area (Å²) in [6.07, 6.45) is 3.14. The van der Waals surface area contributed by atoms with Crippen molar-refractivity contribution >= 4 is 18.3 Å². The van der Waals surface area contributed by atoms with Crippen LogP contribution in [0.1, 0.15) is 44.7 Å². The van der Waals surface area contributed by atoms with Gasteiger partial charge < -0.3 is 15.8 Å². The zero-order valence-corrected chi connectivity index (χ0v) is 15.1. The van der Waals surface area contributed by atoms with Crippen LogP contribution < -0.4 is 15.8 Å². The van der Waals surface area contributed by atoms with E-state index < -0.39 is 0 Å². The van der Waals surface area contributed by atoms with Gasteiger partial charge in [-0.05, 0) is 48.9 Å². The fourth-order valence-electron chi connectivity index (χ4n) is 3.37. The van der Waals surface area contributed by atoms with Crippen LogP contribution in [0.15, 0.2) is 24.3 Å². The van der Waals surface area contributed by atoms with Crippen molar-refractivity contribution in [2.75, 3.05) is 13.7 Å². The van der Waals surface area contributed by atoms with Crippen LogP contribution in [0.25, 0.3) is 0 Å². The maximum atomic E-state index is 12.6. The number of nitrogens with one attached hydrogen (secondary N) is 1. The van der Waals surface area contributed by atoms with E-state index in [-0.39, 0.29) is 30.3 Å². The number of halogens is 1. The van der Waals surface area contributed by atoms with Crippen molar-refractivity contribution in [2.24, 2.45) is 23.5 Å². The molecule has 0 radical (unpaired) electrons. The van der Waals surface area contributed by atoms with Gasteiger partial charge in [-0.15, -0.1) is 12.4 Å². The van der Waals surface area contributed by atoms with Gasteiger partial charge in [-0.2, -0.15) is 0 Å². The van der Waals surface area contributed by atoms with Crippen LogP contribution >= 0.6 is 12.4 Å². The monoisotopic (exact) mass is 340 g/mol. The minimum Gasteiger partial charge on any atom is -0.497 e. The summed E-state index contributed by atoms with van der Waals surface area (Å²) in [4.78, 5) is 12.6. The van der Waals surface area contributed by atoms with Gasteiger partial charge in [0.15, 0.2) is 0 Å². The molecule has 4 nitrogen and oxygen atoms in total. The van der Waals surface area contributed by atoms with Crippen LogP contribution in [-0.4, -0.2) is 19.6 Å². The first-order valence-corrected chi connectivity index (χ1v) is 8.21. The Labute approximate surface area is 145 Å². The highest BCUT2D eigenvalue weighted by Crippen LogP contribution is 2.32. The Morgan fingerprint density at radius 3 is 2.48 bits per heavy atom. The number of methoxy groups -OCH3 is 1. The second-order valence-corrected chi connectivity index (χ2v) is 6.54. The molecule has 0 spiro atoms. The molecule has 1 unspecified atom stereocenters. The first kappa shape index (κ1) is 19.8. The first-order valence-electron chi connectivity index (χ1n) is 8.21. The summed E-state index contributed by atoms with van der Waals surface area (Å²) in [5.41, 5.74) is 6.92. The highest BCUT2D eigenvalue weighted by atomic mass is 35.5. The number of hydrogen-bond acceptors (Lipinski definition) is 3. The Bertz CT molecular complexity index is 490. The van der Waals surface area contributed by atoms with Crippen LogP contribution in [0.3, 0.4) is 0 Å². The van der Waals surface area contributed by atoms with Gasteiger partial charge in [0.25, 0.3) is 0 Å². The Hall–Kier alpha value is -1.26. The lowest BCUT2D eigenvalue weighted by Gasteiger charge is -2.26. The normalized spacial score (nSPS) is 21.6. The van der Waals surface area contributed by atoms with Gasteiger partial charge in [-0.3, -0.25) is 4.79 Å². The summed E-state index contributed by atoms with van der Waals surface area (Å²) in [6.45, 7) is 4.86. The Balaban J connectivity index is 0.00000264. The van der Waals surface area contributed by atoms with E-state index in [1.807, 2.05) is 24.3 Å². The van der Waals surface area contributed by atoms with Crippen molar-refractivity contribution in [3.63, 3.8) is 0 Å². The van der Waals surface area contributed by atoms with Crippen molar-refractivity contribution in [1.29, 1.82) is 0 Å². The molecule has 1 fully saturated rings. The number of carbonyl (C=O) groups excluding carboxylic acids is 1. The summed E-state index contributed by atoms with van der Waals surface area (Å²) in [5, 5.41) is 3.24. The smallest absolute Gasteiger partial charge is 0.223 e. The summed E-state index contributed by atoms with van der Waals surface area (Å²) in [5.74, 6) is 1.72. The lowest BCUT2D eigenvalue weighted by molar-refractivity contribution is -0.127. The molecule has 0 aromatic heterocycles. The van der Waals surface area contributed by atoms with Gasteiger partial charge >= 0.3 is 0 Å². The molecular weight excluding hydrogens is 312 g/mol. The van der Waals surface area contributed by atoms with Crippen LogP contribution in [0, 0.1) is 17.8 Å². The average Bonchev–Trinajstić information content (AvgIpc) is 3.01. The maximum Gasteiger partial charge on any atom is 0.223 e. The zero-order valence-electron chi connectivity index (χ0n) is 14.2. The minimum absolute atomic E-state index is 0. The van der Waals surface area contributed by atoms with Gasteiger partial charge in [-0.1, -0.05) is 32.4 Å². The molecule has 2 rings (SSSR count). The van der Waals surface area contributed by atoms with Crippen LogP contribution in [0.2, 0.25) is 0 Å². The molecule has 0 bridgehead atoms. The molecule has 1 aromatic carbocycles.